The molecule has 0 aromatic heterocycles. The lowest BCUT2D eigenvalue weighted by molar-refractivity contribution is -0.126. The van der Waals surface area contributed by atoms with Crippen molar-refractivity contribution >= 4 is 11.6 Å². The number of nitrogens with one attached hydrogen (secondary N) is 4. The molecule has 8 nitrogen and oxygen atoms in total. The zero-order valence-electron chi connectivity index (χ0n) is 16.2. The van der Waals surface area contributed by atoms with E-state index in [1.807, 2.05) is 37.3 Å². The Hall–Kier alpha value is -2.97. The van der Waals surface area contributed by atoms with Crippen molar-refractivity contribution in [3.8, 4) is 17.2 Å². The van der Waals surface area contributed by atoms with E-state index >= 15 is 0 Å². The molecule has 150 valence electrons. The predicted molar refractivity (Wildman–Crippen MR) is 106 cm³/mol. The Morgan fingerprint density at radius 3 is 2.39 bits per heavy atom. The van der Waals surface area contributed by atoms with Crippen molar-refractivity contribution in [3.63, 3.8) is 0 Å². The topological polar surface area (TPSA) is 92.9 Å². The van der Waals surface area contributed by atoms with Crippen LogP contribution in [0.1, 0.15) is 12.5 Å². The second kappa shape index (κ2) is 9.29. The fourth-order valence-corrected chi connectivity index (χ4v) is 2.96. The van der Waals surface area contributed by atoms with Crippen LogP contribution in [0.25, 0.3) is 0 Å². The van der Waals surface area contributed by atoms with Crippen LogP contribution in [0.15, 0.2) is 42.5 Å². The molecule has 2 unspecified atom stereocenters. The maximum Gasteiger partial charge on any atom is 0.241 e. The lowest BCUT2D eigenvalue weighted by atomic mass is 10.1. The van der Waals surface area contributed by atoms with Gasteiger partial charge in [0.15, 0.2) is 17.8 Å². The minimum absolute atomic E-state index is 0.0920. The number of hydrazine groups is 1. The monoisotopic (exact) mass is 386 g/mol. The van der Waals surface area contributed by atoms with Crippen molar-refractivity contribution in [2.45, 2.75) is 25.7 Å². The molecule has 0 aliphatic carbocycles. The minimum atomic E-state index is -0.456. The molecule has 2 atom stereocenters. The quantitative estimate of drug-likeness (QED) is 0.548. The number of carbonyl (C=O) groups excluding carboxylic acids is 1. The molecular formula is C20H26N4O4. The highest BCUT2D eigenvalue weighted by molar-refractivity contribution is 5.83. The van der Waals surface area contributed by atoms with Gasteiger partial charge in [0.2, 0.25) is 5.91 Å². The molecule has 28 heavy (non-hydrogen) atoms. The molecule has 1 heterocycles. The highest BCUT2D eigenvalue weighted by Crippen LogP contribution is 2.29. The van der Waals surface area contributed by atoms with Gasteiger partial charge >= 0.3 is 0 Å². The molecule has 1 aliphatic heterocycles. The molecule has 1 aliphatic rings. The van der Waals surface area contributed by atoms with Gasteiger partial charge in [0.25, 0.3) is 0 Å². The summed E-state index contributed by atoms with van der Waals surface area (Å²) in [5, 5.41) is 6.10. The van der Waals surface area contributed by atoms with Crippen molar-refractivity contribution < 1.29 is 19.0 Å². The van der Waals surface area contributed by atoms with Crippen molar-refractivity contribution in [1.29, 1.82) is 0 Å². The summed E-state index contributed by atoms with van der Waals surface area (Å²) in [6.45, 7) is 2.58. The molecule has 2 aromatic carbocycles. The first-order valence-corrected chi connectivity index (χ1v) is 9.14. The van der Waals surface area contributed by atoms with E-state index in [-0.39, 0.29) is 11.9 Å². The van der Waals surface area contributed by atoms with Gasteiger partial charge in [-0.15, -0.1) is 0 Å². The first-order valence-electron chi connectivity index (χ1n) is 9.14. The van der Waals surface area contributed by atoms with Gasteiger partial charge in [-0.25, -0.2) is 10.9 Å². The van der Waals surface area contributed by atoms with Crippen LogP contribution >= 0.6 is 0 Å². The lowest BCUT2D eigenvalue weighted by Crippen LogP contribution is -2.68. The molecule has 0 bridgehead atoms. The number of hydrogen-bond acceptors (Lipinski definition) is 7. The van der Waals surface area contributed by atoms with E-state index in [1.54, 1.807) is 26.4 Å². The van der Waals surface area contributed by atoms with E-state index in [0.29, 0.717) is 24.5 Å². The first-order chi connectivity index (χ1) is 13.6. The highest BCUT2D eigenvalue weighted by Gasteiger charge is 2.27. The summed E-state index contributed by atoms with van der Waals surface area (Å²) in [4.78, 5) is 12.5. The Morgan fingerprint density at radius 2 is 1.75 bits per heavy atom. The van der Waals surface area contributed by atoms with Gasteiger partial charge in [-0.2, -0.15) is 0 Å². The normalized spacial score (nSPS) is 18.9. The third kappa shape index (κ3) is 4.85. The van der Waals surface area contributed by atoms with Crippen molar-refractivity contribution in [2.24, 2.45) is 0 Å². The molecule has 0 saturated carbocycles. The van der Waals surface area contributed by atoms with Crippen LogP contribution < -0.4 is 35.7 Å². The van der Waals surface area contributed by atoms with Gasteiger partial charge in [-0.1, -0.05) is 12.1 Å². The molecule has 8 heteroatoms. The van der Waals surface area contributed by atoms with Crippen LogP contribution in [0.3, 0.4) is 0 Å². The van der Waals surface area contributed by atoms with Crippen LogP contribution in [0.4, 0.5) is 5.69 Å². The summed E-state index contributed by atoms with van der Waals surface area (Å²) >= 11 is 0. The van der Waals surface area contributed by atoms with Gasteiger partial charge in [0.1, 0.15) is 11.8 Å². The smallest absolute Gasteiger partial charge is 0.241 e. The Morgan fingerprint density at radius 1 is 1.00 bits per heavy atom. The number of rotatable bonds is 8. The van der Waals surface area contributed by atoms with E-state index in [9.17, 15) is 4.79 Å². The molecule has 4 N–H and O–H groups in total. The molecule has 3 rings (SSSR count). The van der Waals surface area contributed by atoms with Crippen LogP contribution in [0.5, 0.6) is 17.2 Å². The third-order valence-corrected chi connectivity index (χ3v) is 4.37. The van der Waals surface area contributed by atoms with Gasteiger partial charge < -0.3 is 24.8 Å². The van der Waals surface area contributed by atoms with Crippen LogP contribution in [0, 0.1) is 0 Å². The second-order valence-corrected chi connectivity index (χ2v) is 6.28. The molecule has 1 amide bonds. The van der Waals surface area contributed by atoms with Crippen LogP contribution in [-0.4, -0.2) is 39.1 Å². The summed E-state index contributed by atoms with van der Waals surface area (Å²) < 4.78 is 16.0. The number of benzene rings is 2. The number of carbonyl (C=O) groups is 1. The molecule has 1 fully saturated rings. The van der Waals surface area contributed by atoms with E-state index in [4.69, 9.17) is 14.2 Å². The number of ether oxygens (including phenoxy) is 3. The van der Waals surface area contributed by atoms with Crippen molar-refractivity contribution in [3.05, 3.63) is 48.0 Å². The summed E-state index contributed by atoms with van der Waals surface area (Å²) in [7, 11) is 3.16. The van der Waals surface area contributed by atoms with Crippen LogP contribution in [0.2, 0.25) is 0 Å². The summed E-state index contributed by atoms with van der Waals surface area (Å²) in [6.07, 6.45) is 0.107. The van der Waals surface area contributed by atoms with E-state index in [2.05, 4.69) is 21.5 Å². The largest absolute Gasteiger partial charge is 0.494 e. The standard InChI is InChI=1S/C20H26N4O4/c1-4-28-15-8-5-13(6-9-15)11-16-19(25)22-20(24-23-16)21-14-7-10-17(26-2)18(12-14)27-3/h5-10,12,16,20-21,23-24H,4,11H2,1-3H3,(H,22,25). The Kier molecular flexibility index (Phi) is 6.57. The SMILES string of the molecule is CCOc1ccc(CC2NNC(Nc3ccc(OC)c(OC)c3)NC2=O)cc1. The van der Waals surface area contributed by atoms with Gasteiger partial charge in [0.05, 0.1) is 20.8 Å². The number of amides is 1. The third-order valence-electron chi connectivity index (χ3n) is 4.37. The summed E-state index contributed by atoms with van der Waals surface area (Å²) in [6, 6.07) is 12.8. The maximum atomic E-state index is 12.5. The average molecular weight is 386 g/mol. The molecule has 0 radical (unpaired) electrons. The van der Waals surface area contributed by atoms with E-state index in [0.717, 1.165) is 17.0 Å². The molecule has 0 spiro atoms. The molecule has 2 aromatic rings. The number of hydrogen-bond donors (Lipinski definition) is 4. The highest BCUT2D eigenvalue weighted by atomic mass is 16.5. The maximum absolute atomic E-state index is 12.5. The number of anilines is 1. The van der Waals surface area contributed by atoms with E-state index < -0.39 is 6.29 Å². The molecule has 1 saturated heterocycles. The van der Waals surface area contributed by atoms with Gasteiger partial charge in [-0.05, 0) is 43.2 Å². The van der Waals surface area contributed by atoms with E-state index in [1.165, 1.54) is 0 Å². The second-order valence-electron chi connectivity index (χ2n) is 6.28. The van der Waals surface area contributed by atoms with Crippen molar-refractivity contribution in [2.75, 3.05) is 26.1 Å². The fraction of sp³-hybridized carbons (Fsp3) is 0.350. The summed E-state index contributed by atoms with van der Waals surface area (Å²) in [5.41, 5.74) is 7.97. The van der Waals surface area contributed by atoms with Crippen LogP contribution in [-0.2, 0) is 11.2 Å². The van der Waals surface area contributed by atoms with Gasteiger partial charge in [-0.3, -0.25) is 4.79 Å². The zero-order chi connectivity index (χ0) is 19.9. The Balaban J connectivity index is 1.55. The Labute approximate surface area is 164 Å². The lowest BCUT2D eigenvalue weighted by Gasteiger charge is -2.32. The first kappa shape index (κ1) is 19.8. The van der Waals surface area contributed by atoms with Crippen molar-refractivity contribution in [1.82, 2.24) is 16.2 Å². The fourth-order valence-electron chi connectivity index (χ4n) is 2.96. The number of methoxy groups -OCH3 is 2. The minimum Gasteiger partial charge on any atom is -0.494 e. The predicted octanol–water partition coefficient (Wildman–Crippen LogP) is 1.63. The van der Waals surface area contributed by atoms with Gasteiger partial charge in [0, 0.05) is 11.8 Å². The summed E-state index contributed by atoms with van der Waals surface area (Å²) in [5.74, 6) is 1.98. The Bertz CT molecular complexity index is 797. The molecular weight excluding hydrogens is 360 g/mol. The zero-order valence-corrected chi connectivity index (χ0v) is 16.2. The average Bonchev–Trinajstić information content (AvgIpc) is 2.71.